The van der Waals surface area contributed by atoms with Crippen LogP contribution in [-0.2, 0) is 7.05 Å². The Morgan fingerprint density at radius 1 is 1.04 bits per heavy atom. The second-order valence-electron chi connectivity index (χ2n) is 5.09. The lowest BCUT2D eigenvalue weighted by Gasteiger charge is -2.13. The molecule has 1 aromatic heterocycles. The minimum atomic E-state index is 0.189. The highest BCUT2D eigenvalue weighted by atomic mass is 15.0. The maximum atomic E-state index is 9.50. The summed E-state index contributed by atoms with van der Waals surface area (Å²) in [5.74, 6) is 0.634. The molecule has 0 saturated heterocycles. The molecule has 0 amide bonds. The standard InChI is InChI=1S/C18H13N5/c1-23-8-7-22-18(23)14-9-13(12-5-3-2-4-6-12)15(10-19)17(21)16(14)11-20/h2-9H,21H2,1H3. The number of nitriles is 2. The summed E-state index contributed by atoms with van der Waals surface area (Å²) in [6, 6.07) is 15.5. The number of hydrogen-bond acceptors (Lipinski definition) is 4. The van der Waals surface area contributed by atoms with Gasteiger partial charge in [0.15, 0.2) is 0 Å². The van der Waals surface area contributed by atoms with Crippen LogP contribution in [0, 0.1) is 22.7 Å². The highest BCUT2D eigenvalue weighted by Gasteiger charge is 2.20. The largest absolute Gasteiger partial charge is 0.397 e. The zero-order valence-corrected chi connectivity index (χ0v) is 12.5. The first-order valence-corrected chi connectivity index (χ1v) is 6.97. The molecule has 0 aliphatic carbocycles. The van der Waals surface area contributed by atoms with Gasteiger partial charge in [0.2, 0.25) is 0 Å². The number of benzene rings is 2. The fourth-order valence-electron chi connectivity index (χ4n) is 2.59. The molecule has 23 heavy (non-hydrogen) atoms. The first-order chi connectivity index (χ1) is 11.2. The summed E-state index contributed by atoms with van der Waals surface area (Å²) >= 11 is 0. The average molecular weight is 299 g/mol. The molecule has 5 heteroatoms. The van der Waals surface area contributed by atoms with Crippen molar-refractivity contribution in [2.24, 2.45) is 7.05 Å². The van der Waals surface area contributed by atoms with Gasteiger partial charge < -0.3 is 10.3 Å². The van der Waals surface area contributed by atoms with E-state index in [1.807, 2.05) is 48.0 Å². The van der Waals surface area contributed by atoms with Crippen molar-refractivity contribution in [1.82, 2.24) is 9.55 Å². The number of rotatable bonds is 2. The Morgan fingerprint density at radius 2 is 1.70 bits per heavy atom. The highest BCUT2D eigenvalue weighted by Crippen LogP contribution is 2.36. The van der Waals surface area contributed by atoms with Crippen molar-refractivity contribution in [3.8, 4) is 34.7 Å². The average Bonchev–Trinajstić information content (AvgIpc) is 3.00. The summed E-state index contributed by atoms with van der Waals surface area (Å²) in [6.45, 7) is 0. The van der Waals surface area contributed by atoms with E-state index in [1.54, 1.807) is 12.4 Å². The van der Waals surface area contributed by atoms with E-state index >= 15 is 0 Å². The minimum absolute atomic E-state index is 0.189. The first-order valence-electron chi connectivity index (χ1n) is 6.97. The van der Waals surface area contributed by atoms with Gasteiger partial charge >= 0.3 is 0 Å². The zero-order chi connectivity index (χ0) is 16.4. The predicted octanol–water partition coefficient (Wildman–Crippen LogP) is 3.08. The number of aromatic nitrogens is 2. The monoisotopic (exact) mass is 299 g/mol. The lowest BCUT2D eigenvalue weighted by atomic mass is 9.92. The third-order valence-corrected chi connectivity index (χ3v) is 3.74. The summed E-state index contributed by atoms with van der Waals surface area (Å²) in [6.07, 6.45) is 3.46. The number of nitrogens with zero attached hydrogens (tertiary/aromatic N) is 4. The van der Waals surface area contributed by atoms with Crippen LogP contribution in [0.1, 0.15) is 11.1 Å². The molecule has 5 nitrogen and oxygen atoms in total. The van der Waals surface area contributed by atoms with Crippen molar-refractivity contribution in [2.45, 2.75) is 0 Å². The molecule has 0 spiro atoms. The van der Waals surface area contributed by atoms with Crippen LogP contribution in [0.25, 0.3) is 22.5 Å². The van der Waals surface area contributed by atoms with Gasteiger partial charge in [-0.3, -0.25) is 0 Å². The third kappa shape index (κ3) is 2.31. The van der Waals surface area contributed by atoms with Gasteiger partial charge in [-0.05, 0) is 11.6 Å². The Labute approximate surface area is 133 Å². The number of nitrogens with two attached hydrogens (primary N) is 1. The molecular formula is C18H13N5. The lowest BCUT2D eigenvalue weighted by Crippen LogP contribution is -2.03. The van der Waals surface area contributed by atoms with E-state index < -0.39 is 0 Å². The molecular weight excluding hydrogens is 286 g/mol. The Morgan fingerprint density at radius 3 is 2.26 bits per heavy atom. The predicted molar refractivity (Wildman–Crippen MR) is 87.9 cm³/mol. The summed E-state index contributed by atoms with van der Waals surface area (Å²) in [4.78, 5) is 4.30. The molecule has 2 N–H and O–H groups in total. The molecule has 0 unspecified atom stereocenters. The summed E-state index contributed by atoms with van der Waals surface area (Å²) in [5, 5.41) is 19.0. The van der Waals surface area contributed by atoms with Crippen molar-refractivity contribution in [3.05, 3.63) is 59.9 Å². The lowest BCUT2D eigenvalue weighted by molar-refractivity contribution is 0.924. The smallest absolute Gasteiger partial charge is 0.141 e. The van der Waals surface area contributed by atoms with E-state index in [2.05, 4.69) is 17.1 Å². The quantitative estimate of drug-likeness (QED) is 0.736. The maximum absolute atomic E-state index is 9.50. The van der Waals surface area contributed by atoms with E-state index in [0.29, 0.717) is 22.5 Å². The fourth-order valence-corrected chi connectivity index (χ4v) is 2.59. The number of nitrogen functional groups attached to an aromatic ring is 1. The van der Waals surface area contributed by atoms with Crippen LogP contribution in [0.15, 0.2) is 48.8 Å². The number of imidazole rings is 1. The third-order valence-electron chi connectivity index (χ3n) is 3.74. The topological polar surface area (TPSA) is 91.4 Å². The molecule has 2 aromatic carbocycles. The van der Waals surface area contributed by atoms with E-state index in [1.165, 1.54) is 0 Å². The second kappa shape index (κ2) is 5.67. The summed E-state index contributed by atoms with van der Waals surface area (Å²) < 4.78 is 1.82. The normalized spacial score (nSPS) is 10.0. The van der Waals surface area contributed by atoms with Gasteiger partial charge in [-0.2, -0.15) is 10.5 Å². The van der Waals surface area contributed by atoms with Crippen LogP contribution in [0.4, 0.5) is 5.69 Å². The molecule has 0 aliphatic heterocycles. The van der Waals surface area contributed by atoms with E-state index in [0.717, 1.165) is 5.56 Å². The van der Waals surface area contributed by atoms with Crippen LogP contribution < -0.4 is 5.73 Å². The molecule has 3 rings (SSSR count). The van der Waals surface area contributed by atoms with E-state index in [4.69, 9.17) is 5.73 Å². The van der Waals surface area contributed by atoms with Crippen molar-refractivity contribution in [3.63, 3.8) is 0 Å². The van der Waals surface area contributed by atoms with Gasteiger partial charge in [0.25, 0.3) is 0 Å². The Balaban J connectivity index is 2.39. The SMILES string of the molecule is Cn1ccnc1-c1cc(-c2ccccc2)c(C#N)c(N)c1C#N. The Bertz CT molecular complexity index is 956. The van der Waals surface area contributed by atoms with Crippen LogP contribution in [-0.4, -0.2) is 9.55 Å². The maximum Gasteiger partial charge on any atom is 0.141 e. The van der Waals surface area contributed by atoms with Crippen LogP contribution in [0.2, 0.25) is 0 Å². The van der Waals surface area contributed by atoms with Gasteiger partial charge in [0, 0.05) is 30.6 Å². The molecule has 0 saturated carbocycles. The molecule has 110 valence electrons. The van der Waals surface area contributed by atoms with Gasteiger partial charge in [-0.25, -0.2) is 4.98 Å². The fraction of sp³-hybridized carbons (Fsp3) is 0.0556. The summed E-state index contributed by atoms with van der Waals surface area (Å²) in [7, 11) is 1.85. The van der Waals surface area contributed by atoms with Crippen molar-refractivity contribution >= 4 is 5.69 Å². The Hall–Kier alpha value is -3.57. The van der Waals surface area contributed by atoms with E-state index in [-0.39, 0.29) is 11.3 Å². The molecule has 0 bridgehead atoms. The van der Waals surface area contributed by atoms with Crippen LogP contribution >= 0.6 is 0 Å². The minimum Gasteiger partial charge on any atom is -0.397 e. The molecule has 0 atom stereocenters. The van der Waals surface area contributed by atoms with Gasteiger partial charge in [-0.1, -0.05) is 30.3 Å². The number of hydrogen-bond donors (Lipinski definition) is 1. The second-order valence-corrected chi connectivity index (χ2v) is 5.09. The van der Waals surface area contributed by atoms with Gasteiger partial charge in [-0.15, -0.1) is 0 Å². The highest BCUT2D eigenvalue weighted by molar-refractivity contribution is 5.87. The number of anilines is 1. The zero-order valence-electron chi connectivity index (χ0n) is 12.5. The molecule has 3 aromatic rings. The van der Waals surface area contributed by atoms with Crippen molar-refractivity contribution in [1.29, 1.82) is 10.5 Å². The molecule has 0 fully saturated rings. The molecule has 1 heterocycles. The summed E-state index contributed by atoms with van der Waals surface area (Å²) in [5.41, 5.74) is 9.08. The first kappa shape index (κ1) is 14.4. The Kier molecular flexibility index (Phi) is 3.54. The van der Waals surface area contributed by atoms with Gasteiger partial charge in [0.05, 0.1) is 16.8 Å². The number of aryl methyl sites for hydroxylation is 1. The van der Waals surface area contributed by atoms with Crippen LogP contribution in [0.5, 0.6) is 0 Å². The van der Waals surface area contributed by atoms with E-state index in [9.17, 15) is 10.5 Å². The van der Waals surface area contributed by atoms with Gasteiger partial charge in [0.1, 0.15) is 18.0 Å². The van der Waals surface area contributed by atoms with Crippen molar-refractivity contribution < 1.29 is 0 Å². The van der Waals surface area contributed by atoms with Crippen molar-refractivity contribution in [2.75, 3.05) is 5.73 Å². The van der Waals surface area contributed by atoms with Crippen LogP contribution in [0.3, 0.4) is 0 Å². The molecule has 0 aliphatic rings. The molecule has 0 radical (unpaired) electrons.